The molecule has 0 amide bonds. The highest BCUT2D eigenvalue weighted by molar-refractivity contribution is 5.64. The zero-order valence-corrected chi connectivity index (χ0v) is 14.2. The summed E-state index contributed by atoms with van der Waals surface area (Å²) in [4.78, 5) is 0. The number of aliphatic hydroxyl groups excluding tert-OH is 1. The van der Waals surface area contributed by atoms with Crippen molar-refractivity contribution in [1.82, 2.24) is 0 Å². The summed E-state index contributed by atoms with van der Waals surface area (Å²) in [7, 11) is 0. The van der Waals surface area contributed by atoms with Crippen molar-refractivity contribution < 1.29 is 23.4 Å². The first-order valence-electron chi connectivity index (χ1n) is 8.06. The lowest BCUT2D eigenvalue weighted by molar-refractivity contribution is -0.185. The van der Waals surface area contributed by atoms with Crippen LogP contribution in [0.15, 0.2) is 72.8 Å². The minimum atomic E-state index is -3.42. The number of halogens is 2. The Balaban J connectivity index is 1.76. The van der Waals surface area contributed by atoms with Crippen LogP contribution in [0.1, 0.15) is 11.1 Å². The average Bonchev–Trinajstić information content (AvgIpc) is 2.65. The molecular weight excluding hydrogens is 338 g/mol. The molecule has 0 aromatic heterocycles. The van der Waals surface area contributed by atoms with E-state index in [9.17, 15) is 8.78 Å². The fraction of sp³-hybridized carbons (Fsp3) is 0.143. The van der Waals surface area contributed by atoms with Gasteiger partial charge in [-0.15, -0.1) is 0 Å². The summed E-state index contributed by atoms with van der Waals surface area (Å²) in [5.41, 5.74) is 2.39. The van der Waals surface area contributed by atoms with Crippen molar-refractivity contribution in [3.8, 4) is 22.6 Å². The Morgan fingerprint density at radius 3 is 1.81 bits per heavy atom. The summed E-state index contributed by atoms with van der Waals surface area (Å²) in [5, 5.41) is 8.73. The Hall–Kier alpha value is -2.92. The van der Waals surface area contributed by atoms with Gasteiger partial charge in [0.05, 0.1) is 5.56 Å². The number of ether oxygens (including phenoxy) is 2. The topological polar surface area (TPSA) is 38.7 Å². The summed E-state index contributed by atoms with van der Waals surface area (Å²) in [6.07, 6.45) is -3.42. The third-order valence-electron chi connectivity index (χ3n) is 3.91. The van der Waals surface area contributed by atoms with Gasteiger partial charge in [0, 0.05) is 0 Å². The Morgan fingerprint density at radius 2 is 1.27 bits per heavy atom. The molecule has 0 heterocycles. The molecule has 0 aliphatic rings. The lowest BCUT2D eigenvalue weighted by Gasteiger charge is -2.18. The van der Waals surface area contributed by atoms with Crippen LogP contribution in [0.2, 0.25) is 0 Å². The fourth-order valence-electron chi connectivity index (χ4n) is 2.49. The number of benzene rings is 3. The molecule has 0 saturated heterocycles. The zero-order valence-electron chi connectivity index (χ0n) is 14.2. The second kappa shape index (κ2) is 7.54. The van der Waals surface area contributed by atoms with Gasteiger partial charge in [-0.05, 0) is 54.4 Å². The van der Waals surface area contributed by atoms with Crippen LogP contribution in [0.4, 0.5) is 8.78 Å². The van der Waals surface area contributed by atoms with Crippen molar-refractivity contribution in [3.63, 3.8) is 0 Å². The quantitative estimate of drug-likeness (QED) is 0.623. The monoisotopic (exact) mass is 356 g/mol. The normalized spacial score (nSPS) is 11.2. The lowest BCUT2D eigenvalue weighted by Crippen LogP contribution is -2.21. The van der Waals surface area contributed by atoms with Gasteiger partial charge >= 0.3 is 6.11 Å². The summed E-state index contributed by atoms with van der Waals surface area (Å²) >= 11 is 0. The standard InChI is InChI=1S/C21H18F2O3/c1-15-2-10-20(11-3-15)26-21(22,23)18-8-4-16(5-9-18)17-6-12-19(13-7-17)25-14-24/h2-13,24H,14H2,1H3. The minimum absolute atomic E-state index is 0.115. The molecule has 0 unspecified atom stereocenters. The van der Waals surface area contributed by atoms with E-state index in [1.165, 1.54) is 24.3 Å². The van der Waals surface area contributed by atoms with Crippen LogP contribution in [0, 0.1) is 6.92 Å². The van der Waals surface area contributed by atoms with Crippen molar-refractivity contribution in [2.45, 2.75) is 13.0 Å². The highest BCUT2D eigenvalue weighted by Crippen LogP contribution is 2.33. The Bertz CT molecular complexity index is 842. The van der Waals surface area contributed by atoms with Gasteiger partial charge in [-0.2, -0.15) is 8.78 Å². The molecular formula is C21H18F2O3. The summed E-state index contributed by atoms with van der Waals surface area (Å²) in [5.74, 6) is 0.648. The van der Waals surface area contributed by atoms with E-state index >= 15 is 0 Å². The van der Waals surface area contributed by atoms with E-state index in [4.69, 9.17) is 14.6 Å². The van der Waals surface area contributed by atoms with E-state index < -0.39 is 12.9 Å². The van der Waals surface area contributed by atoms with Crippen LogP contribution >= 0.6 is 0 Å². The molecule has 0 fully saturated rings. The van der Waals surface area contributed by atoms with Gasteiger partial charge < -0.3 is 14.6 Å². The Labute approximate surface area is 150 Å². The smallest absolute Gasteiger partial charge is 0.426 e. The molecule has 0 bridgehead atoms. The van der Waals surface area contributed by atoms with Crippen molar-refractivity contribution in [3.05, 3.63) is 83.9 Å². The first-order valence-corrected chi connectivity index (χ1v) is 8.06. The minimum Gasteiger partial charge on any atom is -0.468 e. The van der Waals surface area contributed by atoms with E-state index in [2.05, 4.69) is 0 Å². The summed E-state index contributed by atoms with van der Waals surface area (Å²) in [6.45, 7) is 1.48. The van der Waals surface area contributed by atoms with Gasteiger partial charge in [0.15, 0.2) is 6.79 Å². The van der Waals surface area contributed by atoms with E-state index in [1.54, 1.807) is 48.5 Å². The van der Waals surface area contributed by atoms with E-state index in [0.29, 0.717) is 5.75 Å². The molecule has 3 aromatic rings. The van der Waals surface area contributed by atoms with Gasteiger partial charge in [-0.3, -0.25) is 0 Å². The maximum absolute atomic E-state index is 14.4. The number of alkyl halides is 2. The number of aliphatic hydroxyl groups is 1. The fourth-order valence-corrected chi connectivity index (χ4v) is 2.49. The van der Waals surface area contributed by atoms with Crippen molar-refractivity contribution in [2.75, 3.05) is 6.79 Å². The van der Waals surface area contributed by atoms with Crippen LogP contribution in [-0.4, -0.2) is 11.9 Å². The third kappa shape index (κ3) is 4.18. The predicted octanol–water partition coefficient (Wildman–Crippen LogP) is 5.12. The van der Waals surface area contributed by atoms with Crippen LogP contribution in [0.5, 0.6) is 11.5 Å². The average molecular weight is 356 g/mol. The molecule has 134 valence electrons. The second-order valence-electron chi connectivity index (χ2n) is 5.81. The molecule has 0 saturated carbocycles. The van der Waals surface area contributed by atoms with E-state index in [1.807, 2.05) is 6.92 Å². The van der Waals surface area contributed by atoms with Gasteiger partial charge in [-0.1, -0.05) is 42.0 Å². The maximum Gasteiger partial charge on any atom is 0.426 e. The molecule has 3 aromatic carbocycles. The summed E-state index contributed by atoms with van der Waals surface area (Å²) in [6, 6.07) is 19.4. The number of hydrogen-bond donors (Lipinski definition) is 1. The highest BCUT2D eigenvalue weighted by Gasteiger charge is 2.34. The second-order valence-corrected chi connectivity index (χ2v) is 5.81. The molecule has 0 atom stereocenters. The van der Waals surface area contributed by atoms with E-state index in [0.717, 1.165) is 16.7 Å². The molecule has 26 heavy (non-hydrogen) atoms. The number of rotatable bonds is 6. The van der Waals surface area contributed by atoms with Crippen molar-refractivity contribution in [1.29, 1.82) is 0 Å². The van der Waals surface area contributed by atoms with Gasteiger partial charge in [-0.25, -0.2) is 0 Å². The van der Waals surface area contributed by atoms with Gasteiger partial charge in [0.2, 0.25) is 0 Å². The molecule has 3 nitrogen and oxygen atoms in total. The molecule has 0 aliphatic carbocycles. The highest BCUT2D eigenvalue weighted by atomic mass is 19.3. The van der Waals surface area contributed by atoms with Gasteiger partial charge in [0.1, 0.15) is 11.5 Å². The Morgan fingerprint density at radius 1 is 0.769 bits per heavy atom. The molecule has 5 heteroatoms. The third-order valence-corrected chi connectivity index (χ3v) is 3.91. The van der Waals surface area contributed by atoms with Crippen molar-refractivity contribution in [2.24, 2.45) is 0 Å². The van der Waals surface area contributed by atoms with Crippen molar-refractivity contribution >= 4 is 0 Å². The van der Waals surface area contributed by atoms with Crippen LogP contribution in [0.3, 0.4) is 0 Å². The predicted molar refractivity (Wildman–Crippen MR) is 95.3 cm³/mol. The zero-order chi connectivity index (χ0) is 18.6. The van der Waals surface area contributed by atoms with Gasteiger partial charge in [0.25, 0.3) is 0 Å². The van der Waals surface area contributed by atoms with Crippen LogP contribution < -0.4 is 9.47 Å². The molecule has 0 spiro atoms. The molecule has 3 rings (SSSR count). The summed E-state index contributed by atoms with van der Waals surface area (Å²) < 4.78 is 38.5. The van der Waals surface area contributed by atoms with E-state index in [-0.39, 0.29) is 11.3 Å². The number of aryl methyl sites for hydroxylation is 1. The molecule has 1 N–H and O–H groups in total. The molecule has 0 aliphatic heterocycles. The lowest BCUT2D eigenvalue weighted by atomic mass is 10.0. The maximum atomic E-state index is 14.4. The SMILES string of the molecule is Cc1ccc(OC(F)(F)c2ccc(-c3ccc(OCO)cc3)cc2)cc1. The number of hydrogen-bond acceptors (Lipinski definition) is 3. The van der Waals surface area contributed by atoms with Crippen LogP contribution in [0.25, 0.3) is 11.1 Å². The largest absolute Gasteiger partial charge is 0.468 e. The molecule has 0 radical (unpaired) electrons. The first kappa shape index (κ1) is 17.9. The van der Waals surface area contributed by atoms with Crippen LogP contribution in [-0.2, 0) is 6.11 Å². The first-order chi connectivity index (χ1) is 12.5. The Kier molecular flexibility index (Phi) is 5.19.